The Morgan fingerprint density at radius 3 is 2.96 bits per heavy atom. The fourth-order valence-electron chi connectivity index (χ4n) is 2.37. The number of thiazole rings is 1. The minimum Gasteiger partial charge on any atom is -0.503 e. The molecular weight excluding hydrogens is 377 g/mol. The number of nitrogens with one attached hydrogen (secondary N) is 1. The monoisotopic (exact) mass is 393 g/mol. The molecule has 0 aliphatic carbocycles. The molecule has 0 atom stereocenters. The Morgan fingerprint density at radius 1 is 1.42 bits per heavy atom. The third kappa shape index (κ3) is 3.88. The number of carbonyl (C=O) groups is 1. The van der Waals surface area contributed by atoms with Gasteiger partial charge in [-0.3, -0.25) is 9.59 Å². The van der Waals surface area contributed by atoms with Crippen LogP contribution in [0, 0.1) is 12.7 Å². The second-order valence-corrected chi connectivity index (χ2v) is 7.91. The molecule has 2 heterocycles. The van der Waals surface area contributed by atoms with Crippen molar-refractivity contribution in [2.45, 2.75) is 17.8 Å². The number of halogens is 1. The third-order valence-electron chi connectivity index (χ3n) is 3.89. The average Bonchev–Trinajstić information content (AvgIpc) is 3.00. The Hall–Kier alpha value is -2.39. The summed E-state index contributed by atoms with van der Waals surface area (Å²) in [6.45, 7) is 1.79. The third-order valence-corrected chi connectivity index (χ3v) is 6.07. The number of benzene rings is 1. The summed E-state index contributed by atoms with van der Waals surface area (Å²) >= 11 is 2.64. The number of fused-ring (bicyclic) bond motifs is 1. The lowest BCUT2D eigenvalue weighted by molar-refractivity contribution is -0.118. The molecular formula is C17H16FN3O3S2. The van der Waals surface area contributed by atoms with Gasteiger partial charge in [0.15, 0.2) is 10.1 Å². The maximum absolute atomic E-state index is 13.2. The summed E-state index contributed by atoms with van der Waals surface area (Å²) in [4.78, 5) is 28.0. The number of aryl methyl sites for hydroxylation is 1. The normalized spacial score (nSPS) is 11.0. The smallest absolute Gasteiger partial charge is 0.230 e. The molecule has 0 saturated carbocycles. The molecule has 2 aromatic heterocycles. The molecule has 1 aromatic carbocycles. The van der Waals surface area contributed by atoms with Crippen molar-refractivity contribution in [2.24, 2.45) is 7.05 Å². The summed E-state index contributed by atoms with van der Waals surface area (Å²) in [5, 5.41) is 12.6. The lowest BCUT2D eigenvalue weighted by atomic mass is 10.2. The first-order valence-electron chi connectivity index (χ1n) is 7.69. The van der Waals surface area contributed by atoms with E-state index in [4.69, 9.17) is 0 Å². The highest BCUT2D eigenvalue weighted by Gasteiger charge is 2.13. The Kier molecular flexibility index (Phi) is 5.28. The summed E-state index contributed by atoms with van der Waals surface area (Å²) in [6.07, 6.45) is 0. The zero-order valence-electron chi connectivity index (χ0n) is 14.1. The molecule has 0 radical (unpaired) electrons. The standard InChI is InChI=1S/C17H16FN3O3S2/c1-9-5-13(22)16(24)12(21(9)2)7-19-15(23)8-25-17-20-11-6-10(18)3-4-14(11)26-17/h3-6,24H,7-8H2,1-2H3,(H,19,23). The van der Waals surface area contributed by atoms with E-state index in [1.165, 1.54) is 41.3 Å². The molecule has 3 aromatic rings. The van der Waals surface area contributed by atoms with Crippen LogP contribution in [0.4, 0.5) is 4.39 Å². The van der Waals surface area contributed by atoms with E-state index in [0.29, 0.717) is 21.2 Å². The predicted octanol–water partition coefficient (Wildman–Crippen LogP) is 2.56. The van der Waals surface area contributed by atoms with Crippen LogP contribution >= 0.6 is 23.1 Å². The Labute approximate surface area is 156 Å². The van der Waals surface area contributed by atoms with E-state index < -0.39 is 5.43 Å². The first-order valence-corrected chi connectivity index (χ1v) is 9.49. The SMILES string of the molecule is Cc1cc(=O)c(O)c(CNC(=O)CSc2nc3cc(F)ccc3s2)n1C. The van der Waals surface area contributed by atoms with Crippen LogP contribution in [0.5, 0.6) is 5.75 Å². The maximum atomic E-state index is 13.2. The molecule has 9 heteroatoms. The highest BCUT2D eigenvalue weighted by molar-refractivity contribution is 8.01. The van der Waals surface area contributed by atoms with Crippen molar-refractivity contribution in [2.75, 3.05) is 5.75 Å². The van der Waals surface area contributed by atoms with Crippen LogP contribution in [0.25, 0.3) is 10.2 Å². The van der Waals surface area contributed by atoms with Gasteiger partial charge in [-0.1, -0.05) is 11.8 Å². The van der Waals surface area contributed by atoms with Gasteiger partial charge in [0.1, 0.15) is 5.82 Å². The molecule has 26 heavy (non-hydrogen) atoms. The van der Waals surface area contributed by atoms with Crippen molar-refractivity contribution in [3.63, 3.8) is 0 Å². The van der Waals surface area contributed by atoms with Gasteiger partial charge in [0, 0.05) is 24.9 Å². The molecule has 0 unspecified atom stereocenters. The van der Waals surface area contributed by atoms with E-state index in [2.05, 4.69) is 10.3 Å². The molecule has 0 spiro atoms. The van der Waals surface area contributed by atoms with Gasteiger partial charge < -0.3 is 15.0 Å². The first kappa shape index (κ1) is 18.4. The highest BCUT2D eigenvalue weighted by Crippen LogP contribution is 2.29. The van der Waals surface area contributed by atoms with Crippen molar-refractivity contribution < 1.29 is 14.3 Å². The summed E-state index contributed by atoms with van der Waals surface area (Å²) in [7, 11) is 1.71. The van der Waals surface area contributed by atoms with Crippen LogP contribution in [-0.2, 0) is 18.4 Å². The molecule has 2 N–H and O–H groups in total. The summed E-state index contributed by atoms with van der Waals surface area (Å²) < 4.78 is 16.4. The van der Waals surface area contributed by atoms with Crippen molar-refractivity contribution in [1.82, 2.24) is 14.9 Å². The Bertz CT molecular complexity index is 1050. The number of carbonyl (C=O) groups excluding carboxylic acids is 1. The number of amides is 1. The van der Waals surface area contributed by atoms with Crippen molar-refractivity contribution in [1.29, 1.82) is 0 Å². The van der Waals surface area contributed by atoms with Gasteiger partial charge in [0.25, 0.3) is 0 Å². The minimum atomic E-state index is -0.471. The molecule has 3 rings (SSSR count). The van der Waals surface area contributed by atoms with E-state index in [1.807, 2.05) is 0 Å². The first-order chi connectivity index (χ1) is 12.3. The molecule has 0 saturated heterocycles. The average molecular weight is 393 g/mol. The lowest BCUT2D eigenvalue weighted by Gasteiger charge is -2.14. The maximum Gasteiger partial charge on any atom is 0.230 e. The van der Waals surface area contributed by atoms with Gasteiger partial charge in [-0.05, 0) is 19.1 Å². The number of thioether (sulfide) groups is 1. The van der Waals surface area contributed by atoms with E-state index in [9.17, 15) is 19.1 Å². The minimum absolute atomic E-state index is 0.0453. The van der Waals surface area contributed by atoms with E-state index in [1.54, 1.807) is 24.6 Å². The zero-order chi connectivity index (χ0) is 18.8. The number of aromatic hydroxyl groups is 1. The fourth-order valence-corrected chi connectivity index (χ4v) is 4.25. The van der Waals surface area contributed by atoms with E-state index in [-0.39, 0.29) is 29.8 Å². The van der Waals surface area contributed by atoms with Crippen LogP contribution < -0.4 is 10.7 Å². The molecule has 0 aliphatic heterocycles. The number of hydrogen-bond acceptors (Lipinski definition) is 6. The van der Waals surface area contributed by atoms with Crippen molar-refractivity contribution in [3.05, 3.63) is 51.7 Å². The largest absolute Gasteiger partial charge is 0.503 e. The topological polar surface area (TPSA) is 84.2 Å². The van der Waals surface area contributed by atoms with Gasteiger partial charge in [0.05, 0.1) is 28.2 Å². The van der Waals surface area contributed by atoms with E-state index >= 15 is 0 Å². The highest BCUT2D eigenvalue weighted by atomic mass is 32.2. The van der Waals surface area contributed by atoms with Crippen LogP contribution in [0.2, 0.25) is 0 Å². The number of aromatic nitrogens is 2. The summed E-state index contributed by atoms with van der Waals surface area (Å²) in [5.74, 6) is -0.836. The number of rotatable bonds is 5. The zero-order valence-corrected chi connectivity index (χ0v) is 15.7. The molecule has 1 amide bonds. The Balaban J connectivity index is 1.62. The fraction of sp³-hybridized carbons (Fsp3) is 0.235. The number of nitrogens with zero attached hydrogens (tertiary/aromatic N) is 2. The van der Waals surface area contributed by atoms with Gasteiger partial charge in [-0.25, -0.2) is 9.37 Å². The molecule has 0 aliphatic rings. The van der Waals surface area contributed by atoms with Gasteiger partial charge >= 0.3 is 0 Å². The second-order valence-electron chi connectivity index (χ2n) is 5.66. The quantitative estimate of drug-likeness (QED) is 0.651. The second kappa shape index (κ2) is 7.46. The molecule has 0 bridgehead atoms. The van der Waals surface area contributed by atoms with Crippen molar-refractivity contribution in [3.8, 4) is 5.75 Å². The lowest BCUT2D eigenvalue weighted by Crippen LogP contribution is -2.27. The molecule has 136 valence electrons. The number of hydrogen-bond donors (Lipinski definition) is 2. The van der Waals surface area contributed by atoms with Crippen molar-refractivity contribution >= 4 is 39.2 Å². The van der Waals surface area contributed by atoms with Crippen LogP contribution in [0.3, 0.4) is 0 Å². The van der Waals surface area contributed by atoms with Gasteiger partial charge in [-0.2, -0.15) is 0 Å². The Morgan fingerprint density at radius 2 is 2.19 bits per heavy atom. The summed E-state index contributed by atoms with van der Waals surface area (Å²) in [6, 6.07) is 5.73. The molecule has 0 fully saturated rings. The van der Waals surface area contributed by atoms with Gasteiger partial charge in [0.2, 0.25) is 11.3 Å². The van der Waals surface area contributed by atoms with E-state index in [0.717, 1.165) is 4.70 Å². The van der Waals surface area contributed by atoms with Crippen LogP contribution in [-0.4, -0.2) is 26.3 Å². The van der Waals surface area contributed by atoms with Gasteiger partial charge in [-0.15, -0.1) is 11.3 Å². The van der Waals surface area contributed by atoms with Crippen LogP contribution in [0.15, 0.2) is 33.4 Å². The molecule has 6 nitrogen and oxygen atoms in total. The van der Waals surface area contributed by atoms with Crippen LogP contribution in [0.1, 0.15) is 11.4 Å². The summed E-state index contributed by atoms with van der Waals surface area (Å²) in [5.41, 5.74) is 1.13. The number of pyridine rings is 1. The predicted molar refractivity (Wildman–Crippen MR) is 100 cm³/mol.